The van der Waals surface area contributed by atoms with E-state index in [9.17, 15) is 4.79 Å². The second-order valence-electron chi connectivity index (χ2n) is 6.36. The summed E-state index contributed by atoms with van der Waals surface area (Å²) in [6.45, 7) is 0.605. The minimum Gasteiger partial charge on any atom is -0.365 e. The van der Waals surface area contributed by atoms with Crippen LogP contribution in [0.15, 0.2) is 81.5 Å². The molecule has 1 amide bonds. The van der Waals surface area contributed by atoms with Crippen LogP contribution in [0.1, 0.15) is 21.5 Å². The van der Waals surface area contributed by atoms with Crippen LogP contribution in [-0.2, 0) is 11.4 Å². The quantitative estimate of drug-likeness (QED) is 0.582. The number of nitrogens with zero attached hydrogens (tertiary/aromatic N) is 1. The molecule has 1 aliphatic heterocycles. The Bertz CT molecular complexity index is 1080. The summed E-state index contributed by atoms with van der Waals surface area (Å²) in [5.74, 6) is 0.444. The van der Waals surface area contributed by atoms with Crippen molar-refractivity contribution in [3.8, 4) is 0 Å². The molecule has 1 aliphatic rings. The molecule has 0 spiro atoms. The highest BCUT2D eigenvalue weighted by Crippen LogP contribution is 2.40. The molecule has 7 heteroatoms. The summed E-state index contributed by atoms with van der Waals surface area (Å²) in [5, 5.41) is 4.14. The zero-order valence-corrected chi connectivity index (χ0v) is 17.2. The number of carbonyl (C=O) groups excluding carboxylic acids is 1. The van der Waals surface area contributed by atoms with Crippen LogP contribution in [-0.4, -0.2) is 18.9 Å². The van der Waals surface area contributed by atoms with E-state index in [4.69, 9.17) is 21.4 Å². The predicted octanol–water partition coefficient (Wildman–Crippen LogP) is 4.96. The Morgan fingerprint density at radius 2 is 1.86 bits per heavy atom. The summed E-state index contributed by atoms with van der Waals surface area (Å²) in [6, 6.07) is 21.3. The van der Waals surface area contributed by atoms with Crippen molar-refractivity contribution >= 4 is 40.8 Å². The molecule has 5 nitrogen and oxygen atoms in total. The van der Waals surface area contributed by atoms with Gasteiger partial charge in [0, 0.05) is 32.5 Å². The number of hydroxylamine groups is 1. The lowest BCUT2D eigenvalue weighted by Crippen LogP contribution is -2.24. The van der Waals surface area contributed by atoms with Gasteiger partial charge in [-0.25, -0.2) is 10.5 Å². The summed E-state index contributed by atoms with van der Waals surface area (Å²) in [7, 11) is 1.41. The van der Waals surface area contributed by atoms with Crippen LogP contribution in [0.25, 0.3) is 0 Å². The molecular formula is C22H18ClN3O2S. The number of nitrogens with one attached hydrogen (secondary N) is 2. The molecule has 146 valence electrons. The maximum absolute atomic E-state index is 12.1. The molecule has 2 N–H and O–H groups in total. The first kappa shape index (κ1) is 19.5. The van der Waals surface area contributed by atoms with Crippen molar-refractivity contribution in [1.82, 2.24) is 10.8 Å². The molecule has 0 saturated carbocycles. The van der Waals surface area contributed by atoms with E-state index in [0.29, 0.717) is 17.1 Å². The molecule has 0 aliphatic carbocycles. The largest absolute Gasteiger partial charge is 0.365 e. The van der Waals surface area contributed by atoms with Gasteiger partial charge in [0.2, 0.25) is 0 Å². The molecule has 4 rings (SSSR count). The summed E-state index contributed by atoms with van der Waals surface area (Å²) in [5.41, 5.74) is 5.67. The maximum Gasteiger partial charge on any atom is 0.274 e. The van der Waals surface area contributed by atoms with Crippen molar-refractivity contribution in [2.24, 2.45) is 4.99 Å². The van der Waals surface area contributed by atoms with E-state index in [0.717, 1.165) is 32.4 Å². The molecule has 0 unspecified atom stereocenters. The molecule has 3 aromatic rings. The van der Waals surface area contributed by atoms with E-state index in [1.54, 1.807) is 23.9 Å². The van der Waals surface area contributed by atoms with Gasteiger partial charge in [0.05, 0.1) is 12.8 Å². The molecule has 0 bridgehead atoms. The molecule has 0 saturated heterocycles. The number of fused-ring (bicyclic) bond motifs is 2. The zero-order chi connectivity index (χ0) is 20.2. The first-order chi connectivity index (χ1) is 14.1. The van der Waals surface area contributed by atoms with Crippen molar-refractivity contribution in [2.45, 2.75) is 16.3 Å². The van der Waals surface area contributed by atoms with E-state index in [2.05, 4.69) is 16.9 Å². The molecule has 3 aromatic carbocycles. The first-order valence-corrected chi connectivity index (χ1v) is 10.1. The number of rotatable bonds is 4. The van der Waals surface area contributed by atoms with Crippen molar-refractivity contribution in [1.29, 1.82) is 0 Å². The number of hydrogen-bond acceptors (Lipinski definition) is 5. The van der Waals surface area contributed by atoms with E-state index in [1.165, 1.54) is 7.11 Å². The monoisotopic (exact) mass is 423 g/mol. The fourth-order valence-corrected chi connectivity index (χ4v) is 4.09. The van der Waals surface area contributed by atoms with Crippen molar-refractivity contribution < 1.29 is 9.63 Å². The Morgan fingerprint density at radius 3 is 2.66 bits per heavy atom. The van der Waals surface area contributed by atoms with Crippen LogP contribution >= 0.6 is 23.4 Å². The molecule has 0 aromatic heterocycles. The Morgan fingerprint density at radius 1 is 1.07 bits per heavy atom. The predicted molar refractivity (Wildman–Crippen MR) is 116 cm³/mol. The van der Waals surface area contributed by atoms with Crippen LogP contribution in [0, 0.1) is 0 Å². The van der Waals surface area contributed by atoms with Crippen molar-refractivity contribution in [2.75, 3.05) is 7.11 Å². The molecule has 0 atom stereocenters. The number of amides is 1. The second kappa shape index (κ2) is 8.69. The van der Waals surface area contributed by atoms with Gasteiger partial charge in [-0.15, -0.1) is 0 Å². The van der Waals surface area contributed by atoms with Gasteiger partial charge in [-0.05, 0) is 42.0 Å². The van der Waals surface area contributed by atoms with Gasteiger partial charge in [-0.3, -0.25) is 9.63 Å². The number of aliphatic imine (C=N–C) groups is 1. The van der Waals surface area contributed by atoms with Gasteiger partial charge in [0.1, 0.15) is 5.84 Å². The molecular weight excluding hydrogens is 406 g/mol. The fourth-order valence-electron chi connectivity index (χ4n) is 2.96. The average Bonchev–Trinajstić information content (AvgIpc) is 2.89. The zero-order valence-electron chi connectivity index (χ0n) is 15.6. The van der Waals surface area contributed by atoms with Gasteiger partial charge >= 0.3 is 0 Å². The topological polar surface area (TPSA) is 62.7 Å². The Kier molecular flexibility index (Phi) is 5.85. The number of benzene rings is 3. The standard InChI is InChI=1S/C22H18ClN3O2S/c1-28-26-22(27)15-8-11-20-18(12-15)25-21(17-4-2-3-5-19(17)29-20)24-13-14-6-9-16(23)10-7-14/h2-12H,13H2,1H3,(H,24,25)(H,26,27). The summed E-state index contributed by atoms with van der Waals surface area (Å²) in [6.07, 6.45) is 0. The smallest absolute Gasteiger partial charge is 0.274 e. The SMILES string of the molecule is CONC(=O)c1ccc2c(c1)N=C(NCc1ccc(Cl)cc1)c1ccccc1S2. The Balaban J connectivity index is 1.70. The Hall–Kier alpha value is -2.80. The van der Waals surface area contributed by atoms with Crippen LogP contribution in [0.3, 0.4) is 0 Å². The summed E-state index contributed by atoms with van der Waals surface area (Å²) < 4.78 is 0. The van der Waals surface area contributed by atoms with Crippen molar-refractivity contribution in [3.05, 3.63) is 88.4 Å². The molecule has 0 fully saturated rings. The highest BCUT2D eigenvalue weighted by atomic mass is 35.5. The third-order valence-electron chi connectivity index (χ3n) is 4.38. The van der Waals surface area contributed by atoms with Gasteiger partial charge in [0.15, 0.2) is 0 Å². The number of carbonyl (C=O) groups is 1. The highest BCUT2D eigenvalue weighted by Gasteiger charge is 2.18. The van der Waals surface area contributed by atoms with E-state index in [-0.39, 0.29) is 5.91 Å². The maximum atomic E-state index is 12.1. The average molecular weight is 424 g/mol. The minimum absolute atomic E-state index is 0.312. The lowest BCUT2D eigenvalue weighted by atomic mass is 10.1. The fraction of sp³-hybridized carbons (Fsp3) is 0.0909. The summed E-state index contributed by atoms with van der Waals surface area (Å²) in [4.78, 5) is 23.8. The number of hydrogen-bond donors (Lipinski definition) is 2. The van der Waals surface area contributed by atoms with Crippen molar-refractivity contribution in [3.63, 3.8) is 0 Å². The second-order valence-corrected chi connectivity index (χ2v) is 7.88. The van der Waals surface area contributed by atoms with Crippen LogP contribution < -0.4 is 10.8 Å². The van der Waals surface area contributed by atoms with Crippen LogP contribution in [0.4, 0.5) is 5.69 Å². The molecule has 0 radical (unpaired) electrons. The van der Waals surface area contributed by atoms with E-state index >= 15 is 0 Å². The minimum atomic E-state index is -0.312. The highest BCUT2D eigenvalue weighted by molar-refractivity contribution is 7.99. The first-order valence-electron chi connectivity index (χ1n) is 8.95. The van der Waals surface area contributed by atoms with Crippen LogP contribution in [0.5, 0.6) is 0 Å². The normalized spacial score (nSPS) is 12.3. The third kappa shape index (κ3) is 4.45. The van der Waals surface area contributed by atoms with Gasteiger partial charge in [-0.2, -0.15) is 0 Å². The third-order valence-corrected chi connectivity index (χ3v) is 5.78. The van der Waals surface area contributed by atoms with E-state index in [1.807, 2.05) is 48.5 Å². The van der Waals surface area contributed by atoms with Gasteiger partial charge in [-0.1, -0.05) is 53.7 Å². The Labute approximate surface area is 178 Å². The molecule has 1 heterocycles. The lowest BCUT2D eigenvalue weighted by Gasteiger charge is -2.11. The van der Waals surface area contributed by atoms with Gasteiger partial charge in [0.25, 0.3) is 5.91 Å². The van der Waals surface area contributed by atoms with Crippen LogP contribution in [0.2, 0.25) is 5.02 Å². The summed E-state index contributed by atoms with van der Waals surface area (Å²) >= 11 is 7.61. The number of halogens is 1. The lowest BCUT2D eigenvalue weighted by molar-refractivity contribution is 0.0537. The van der Waals surface area contributed by atoms with E-state index < -0.39 is 0 Å². The van der Waals surface area contributed by atoms with Gasteiger partial charge < -0.3 is 5.32 Å². The number of amidine groups is 1. The molecule has 29 heavy (non-hydrogen) atoms.